The molecule has 2 aliphatic heterocycles. The number of alkyl halides is 3. The molecular weight excluding hydrogens is 507 g/mol. The van der Waals surface area contributed by atoms with Crippen LogP contribution in [0, 0.1) is 5.92 Å². The van der Waals surface area contributed by atoms with Crippen molar-refractivity contribution in [3.63, 3.8) is 0 Å². The molecule has 34 heavy (non-hydrogen) atoms. The molecule has 0 saturated carbocycles. The van der Waals surface area contributed by atoms with E-state index in [-0.39, 0.29) is 18.9 Å². The van der Waals surface area contributed by atoms with Gasteiger partial charge in [-0.2, -0.15) is 13.2 Å². The molecule has 0 aliphatic carbocycles. The number of carbonyl (C=O) groups excluding carboxylic acids is 3. The van der Waals surface area contributed by atoms with Gasteiger partial charge in [0, 0.05) is 13.2 Å². The Morgan fingerprint density at radius 3 is 2.53 bits per heavy atom. The minimum Gasteiger partial charge on any atom is -0.438 e. The lowest BCUT2D eigenvalue weighted by Gasteiger charge is -2.37. The topological polar surface area (TPSA) is 100 Å². The number of hydrogen-bond acceptors (Lipinski definition) is 7. The molecule has 4 unspecified atom stereocenters. The van der Waals surface area contributed by atoms with Crippen LogP contribution >= 0.6 is 0 Å². The van der Waals surface area contributed by atoms with Crippen LogP contribution in [-0.4, -0.2) is 63.3 Å². The van der Waals surface area contributed by atoms with Crippen LogP contribution in [-0.2, 0) is 31.8 Å². The number of hydrogen-bond donors (Lipinski definition) is 1. The van der Waals surface area contributed by atoms with Crippen molar-refractivity contribution in [3.05, 3.63) is 0 Å². The second kappa shape index (κ2) is 12.8. The van der Waals surface area contributed by atoms with Gasteiger partial charge in [0.1, 0.15) is 6.42 Å². The lowest BCUT2D eigenvalue weighted by atomic mass is 10.0. The van der Waals surface area contributed by atoms with E-state index < -0.39 is 56.6 Å². The van der Waals surface area contributed by atoms with Crippen molar-refractivity contribution >= 4 is 44.0 Å². The summed E-state index contributed by atoms with van der Waals surface area (Å²) in [6.45, 7) is 6.89. The summed E-state index contributed by atoms with van der Waals surface area (Å²) >= 11 is 0. The molecule has 0 aromatic rings. The van der Waals surface area contributed by atoms with Gasteiger partial charge in [0.2, 0.25) is 5.91 Å². The van der Waals surface area contributed by atoms with Crippen LogP contribution < -0.4 is 5.32 Å². The first-order chi connectivity index (χ1) is 15.8. The standard InChI is InChI=1S/C20H36F3NO7Si3/c1-32-30-33(2,12-7-9-24-17(25)15-20(21,22)23)11-5-4-10-28-34(3,31-32)13-6-8-16-14-18(26)29-19(16)27/h16,32H,4-15H2,1-3H3,(H,24,25). The molecule has 8 nitrogen and oxygen atoms in total. The lowest BCUT2D eigenvalue weighted by molar-refractivity contribution is -0.155. The van der Waals surface area contributed by atoms with Crippen LogP contribution in [0.1, 0.15) is 44.9 Å². The molecular formula is C20H36F3NO7Si3. The van der Waals surface area contributed by atoms with Gasteiger partial charge in [-0.25, -0.2) is 0 Å². The average Bonchev–Trinajstić information content (AvgIpc) is 3.00. The third kappa shape index (κ3) is 10.7. The van der Waals surface area contributed by atoms with Crippen LogP contribution in [0.3, 0.4) is 0 Å². The van der Waals surface area contributed by atoms with Crippen molar-refractivity contribution in [1.29, 1.82) is 0 Å². The van der Waals surface area contributed by atoms with E-state index >= 15 is 0 Å². The molecule has 1 N–H and O–H groups in total. The predicted octanol–water partition coefficient (Wildman–Crippen LogP) is 3.66. The predicted molar refractivity (Wildman–Crippen MR) is 125 cm³/mol. The minimum atomic E-state index is -4.50. The van der Waals surface area contributed by atoms with Gasteiger partial charge in [-0.05, 0) is 57.0 Å². The highest BCUT2D eigenvalue weighted by Crippen LogP contribution is 2.29. The number of amides is 1. The van der Waals surface area contributed by atoms with Crippen LogP contribution in [0.4, 0.5) is 13.2 Å². The first-order valence-corrected chi connectivity index (χ1v) is 19.3. The van der Waals surface area contributed by atoms with Gasteiger partial charge in [0.25, 0.3) is 9.28 Å². The quantitative estimate of drug-likeness (QED) is 0.205. The zero-order valence-electron chi connectivity index (χ0n) is 20.1. The molecule has 0 aromatic carbocycles. The molecule has 0 spiro atoms. The third-order valence-corrected chi connectivity index (χ3v) is 17.9. The van der Waals surface area contributed by atoms with E-state index in [1.54, 1.807) is 0 Å². The molecule has 2 aliphatic rings. The zero-order valence-corrected chi connectivity index (χ0v) is 23.3. The summed E-state index contributed by atoms with van der Waals surface area (Å²) in [4.78, 5) is 34.3. The number of halogens is 3. The molecule has 0 bridgehead atoms. The maximum absolute atomic E-state index is 12.3. The monoisotopic (exact) mass is 543 g/mol. The van der Waals surface area contributed by atoms with Crippen molar-refractivity contribution in [2.45, 2.75) is 88.9 Å². The molecule has 4 atom stereocenters. The Labute approximate surface area is 202 Å². The lowest BCUT2D eigenvalue weighted by Crippen LogP contribution is -2.49. The molecule has 2 rings (SSSR count). The SMILES string of the molecule is C[SiH]1O[Si](C)(CCCNC(=O)CC(F)(F)F)CCCCO[Si](C)(CCCC2CC(=O)OC2=O)O1. The summed E-state index contributed by atoms with van der Waals surface area (Å²) in [5, 5.41) is 2.34. The Morgan fingerprint density at radius 2 is 1.88 bits per heavy atom. The number of esters is 2. The van der Waals surface area contributed by atoms with E-state index in [0.717, 1.165) is 24.9 Å². The van der Waals surface area contributed by atoms with Crippen molar-refractivity contribution in [3.8, 4) is 0 Å². The van der Waals surface area contributed by atoms with Crippen LogP contribution in [0.25, 0.3) is 0 Å². The Bertz CT molecular complexity index is 730. The van der Waals surface area contributed by atoms with Crippen molar-refractivity contribution in [1.82, 2.24) is 5.32 Å². The summed E-state index contributed by atoms with van der Waals surface area (Å²) in [7, 11) is -6.73. The molecule has 2 saturated heterocycles. The maximum atomic E-state index is 12.3. The van der Waals surface area contributed by atoms with E-state index in [2.05, 4.69) is 16.6 Å². The Balaban J connectivity index is 1.83. The Hall–Kier alpha value is -1.07. The van der Waals surface area contributed by atoms with Crippen molar-refractivity contribution in [2.75, 3.05) is 13.2 Å². The second-order valence-corrected chi connectivity index (χ2v) is 19.5. The first-order valence-electron chi connectivity index (χ1n) is 11.9. The normalized spacial score (nSPS) is 31.2. The molecule has 1 amide bonds. The average molecular weight is 544 g/mol. The van der Waals surface area contributed by atoms with Gasteiger partial charge in [0.05, 0.1) is 12.3 Å². The fourth-order valence-electron chi connectivity index (χ4n) is 4.42. The van der Waals surface area contributed by atoms with Gasteiger partial charge >= 0.3 is 26.7 Å². The molecule has 0 aromatic heterocycles. The van der Waals surface area contributed by atoms with Crippen molar-refractivity contribution < 1.29 is 44.9 Å². The molecule has 0 radical (unpaired) electrons. The van der Waals surface area contributed by atoms with Crippen molar-refractivity contribution in [2.24, 2.45) is 5.92 Å². The minimum absolute atomic E-state index is 0.133. The fourth-order valence-corrected chi connectivity index (χ4v) is 16.5. The van der Waals surface area contributed by atoms with Gasteiger partial charge in [-0.15, -0.1) is 0 Å². The van der Waals surface area contributed by atoms with Gasteiger partial charge in [-0.1, -0.05) is 12.8 Å². The van der Waals surface area contributed by atoms with Gasteiger partial charge in [-0.3, -0.25) is 14.4 Å². The second-order valence-electron chi connectivity index (χ2n) is 9.52. The molecule has 2 fully saturated rings. The van der Waals surface area contributed by atoms with Gasteiger partial charge in [0.15, 0.2) is 8.32 Å². The number of carbonyl (C=O) groups is 3. The smallest absolute Gasteiger partial charge is 0.397 e. The number of cyclic esters (lactones) is 2. The zero-order chi connectivity index (χ0) is 25.4. The van der Waals surface area contributed by atoms with E-state index in [0.29, 0.717) is 31.9 Å². The highest BCUT2D eigenvalue weighted by molar-refractivity contribution is 6.81. The Morgan fingerprint density at radius 1 is 1.15 bits per heavy atom. The number of nitrogens with one attached hydrogen (secondary N) is 1. The first kappa shape index (κ1) is 29.2. The highest BCUT2D eigenvalue weighted by Gasteiger charge is 2.40. The van der Waals surface area contributed by atoms with E-state index in [4.69, 9.17) is 12.7 Å². The van der Waals surface area contributed by atoms with E-state index in [1.807, 2.05) is 13.1 Å². The molecule has 2 heterocycles. The molecule has 196 valence electrons. The summed E-state index contributed by atoms with van der Waals surface area (Å²) in [5.74, 6) is -2.32. The fraction of sp³-hybridized carbons (Fsp3) is 0.850. The van der Waals surface area contributed by atoms with E-state index in [1.165, 1.54) is 0 Å². The number of rotatable bonds is 9. The third-order valence-electron chi connectivity index (χ3n) is 6.08. The highest BCUT2D eigenvalue weighted by atomic mass is 28.5. The largest absolute Gasteiger partial charge is 0.438 e. The molecule has 14 heteroatoms. The van der Waals surface area contributed by atoms with Crippen LogP contribution in [0.2, 0.25) is 37.8 Å². The van der Waals surface area contributed by atoms with E-state index in [9.17, 15) is 27.6 Å². The van der Waals surface area contributed by atoms with Crippen LogP contribution in [0.5, 0.6) is 0 Å². The summed E-state index contributed by atoms with van der Waals surface area (Å²) in [6, 6.07) is 2.33. The maximum Gasteiger partial charge on any atom is 0.397 e. The van der Waals surface area contributed by atoms with Gasteiger partial charge < -0.3 is 22.7 Å². The van der Waals surface area contributed by atoms with Crippen LogP contribution in [0.15, 0.2) is 0 Å². The summed E-state index contributed by atoms with van der Waals surface area (Å²) < 4.78 is 60.6. The Kier molecular flexibility index (Phi) is 10.9. The summed E-state index contributed by atoms with van der Waals surface area (Å²) in [6.07, 6.45) is -2.21. The number of ether oxygens (including phenoxy) is 1. The summed E-state index contributed by atoms with van der Waals surface area (Å²) in [5.41, 5.74) is 0.